The third kappa shape index (κ3) is 3.74. The molecular formula is C12H13ClN2O2. The van der Waals surface area contributed by atoms with Crippen LogP contribution >= 0.6 is 11.6 Å². The Balaban J connectivity index is 2.73. The first kappa shape index (κ1) is 13.5. The lowest BCUT2D eigenvalue weighted by Crippen LogP contribution is -2.31. The molecule has 0 aromatic heterocycles. The van der Waals surface area contributed by atoms with Crippen LogP contribution < -0.4 is 0 Å². The van der Waals surface area contributed by atoms with Crippen LogP contribution in [0.4, 0.5) is 0 Å². The maximum atomic E-state index is 11.2. The third-order valence-electron chi connectivity index (χ3n) is 2.39. The molecule has 0 saturated carbocycles. The lowest BCUT2D eigenvalue weighted by molar-refractivity contribution is -0.128. The topological polar surface area (TPSA) is 64.3 Å². The molecule has 0 heterocycles. The van der Waals surface area contributed by atoms with E-state index < -0.39 is 6.10 Å². The van der Waals surface area contributed by atoms with E-state index >= 15 is 0 Å². The number of halogens is 1. The number of amides is 1. The number of rotatable bonds is 4. The van der Waals surface area contributed by atoms with Gasteiger partial charge in [-0.1, -0.05) is 12.1 Å². The number of benzene rings is 1. The molecule has 1 amide bonds. The van der Waals surface area contributed by atoms with E-state index in [1.165, 1.54) is 4.90 Å². The number of aliphatic hydroxyl groups excluding tert-OH is 1. The van der Waals surface area contributed by atoms with E-state index in [1.54, 1.807) is 31.3 Å². The smallest absolute Gasteiger partial charge is 0.237 e. The molecule has 1 aromatic rings. The van der Waals surface area contributed by atoms with Gasteiger partial charge in [-0.25, -0.2) is 0 Å². The van der Waals surface area contributed by atoms with Crippen LogP contribution in [0.3, 0.4) is 0 Å². The highest BCUT2D eigenvalue weighted by Gasteiger charge is 2.14. The molecule has 0 fully saturated rings. The van der Waals surface area contributed by atoms with Crippen LogP contribution in [0.15, 0.2) is 24.3 Å². The predicted molar refractivity (Wildman–Crippen MR) is 64.5 cm³/mol. The minimum Gasteiger partial charge on any atom is -0.387 e. The van der Waals surface area contributed by atoms with Gasteiger partial charge in [-0.15, -0.1) is 11.6 Å². The van der Waals surface area contributed by atoms with Crippen LogP contribution in [0.5, 0.6) is 0 Å². The molecular weight excluding hydrogens is 240 g/mol. The van der Waals surface area contributed by atoms with Crippen molar-refractivity contribution in [3.8, 4) is 6.07 Å². The van der Waals surface area contributed by atoms with Crippen molar-refractivity contribution in [2.45, 2.75) is 6.10 Å². The van der Waals surface area contributed by atoms with Crippen molar-refractivity contribution in [3.05, 3.63) is 35.4 Å². The molecule has 0 bridgehead atoms. The molecule has 1 unspecified atom stereocenters. The van der Waals surface area contributed by atoms with Gasteiger partial charge < -0.3 is 10.0 Å². The average molecular weight is 253 g/mol. The van der Waals surface area contributed by atoms with Gasteiger partial charge in [0.1, 0.15) is 5.88 Å². The molecule has 90 valence electrons. The molecule has 17 heavy (non-hydrogen) atoms. The summed E-state index contributed by atoms with van der Waals surface area (Å²) in [5.41, 5.74) is 1.09. The molecule has 1 N–H and O–H groups in total. The number of likely N-dealkylation sites (N-methyl/N-ethyl adjacent to an activating group) is 1. The summed E-state index contributed by atoms with van der Waals surface area (Å²) in [4.78, 5) is 12.6. The maximum Gasteiger partial charge on any atom is 0.237 e. The normalized spacial score (nSPS) is 11.6. The van der Waals surface area contributed by atoms with E-state index in [-0.39, 0.29) is 18.3 Å². The van der Waals surface area contributed by atoms with E-state index in [0.29, 0.717) is 11.1 Å². The first-order valence-electron chi connectivity index (χ1n) is 5.06. The van der Waals surface area contributed by atoms with Gasteiger partial charge in [-0.3, -0.25) is 4.79 Å². The van der Waals surface area contributed by atoms with Gasteiger partial charge in [0.05, 0.1) is 24.3 Å². The van der Waals surface area contributed by atoms with E-state index in [1.807, 2.05) is 6.07 Å². The zero-order valence-electron chi connectivity index (χ0n) is 9.43. The number of nitriles is 1. The molecule has 0 spiro atoms. The van der Waals surface area contributed by atoms with Gasteiger partial charge >= 0.3 is 0 Å². The molecule has 0 aliphatic carbocycles. The summed E-state index contributed by atoms with van der Waals surface area (Å²) in [7, 11) is 1.57. The number of nitrogens with zero attached hydrogens (tertiary/aromatic N) is 2. The Kier molecular flexibility index (Phi) is 4.95. The Labute approximate surface area is 105 Å². The number of alkyl halides is 1. The van der Waals surface area contributed by atoms with Crippen LogP contribution in [0, 0.1) is 11.3 Å². The number of hydrogen-bond acceptors (Lipinski definition) is 3. The van der Waals surface area contributed by atoms with Gasteiger partial charge in [-0.05, 0) is 17.7 Å². The van der Waals surface area contributed by atoms with Crippen molar-refractivity contribution in [1.82, 2.24) is 4.90 Å². The van der Waals surface area contributed by atoms with Crippen molar-refractivity contribution in [2.24, 2.45) is 0 Å². The first-order valence-corrected chi connectivity index (χ1v) is 5.60. The lowest BCUT2D eigenvalue weighted by atomic mass is 10.1. The molecule has 0 aliphatic rings. The van der Waals surface area contributed by atoms with Crippen molar-refractivity contribution in [3.63, 3.8) is 0 Å². The van der Waals surface area contributed by atoms with Crippen LogP contribution in [0.1, 0.15) is 17.2 Å². The maximum absolute atomic E-state index is 11.2. The second-order valence-electron chi connectivity index (χ2n) is 3.66. The fraction of sp³-hybridized carbons (Fsp3) is 0.333. The summed E-state index contributed by atoms with van der Waals surface area (Å²) in [6.07, 6.45) is -0.819. The molecule has 0 radical (unpaired) electrons. The Hall–Kier alpha value is -1.57. The highest BCUT2D eigenvalue weighted by Crippen LogP contribution is 2.15. The largest absolute Gasteiger partial charge is 0.387 e. The minimum atomic E-state index is -0.819. The van der Waals surface area contributed by atoms with Crippen LogP contribution in [-0.4, -0.2) is 35.4 Å². The summed E-state index contributed by atoms with van der Waals surface area (Å²) in [6.45, 7) is 0.153. The van der Waals surface area contributed by atoms with Crippen molar-refractivity contribution in [2.75, 3.05) is 19.5 Å². The van der Waals surface area contributed by atoms with Gasteiger partial charge in [0, 0.05) is 7.05 Å². The predicted octanol–water partition coefficient (Wildman–Crippen LogP) is 1.29. The van der Waals surface area contributed by atoms with E-state index in [0.717, 1.165) is 0 Å². The molecule has 1 atom stereocenters. The molecule has 0 saturated heterocycles. The first-order chi connectivity index (χ1) is 8.08. The number of aliphatic hydroxyl groups is 1. The summed E-state index contributed by atoms with van der Waals surface area (Å²) in [6, 6.07) is 8.66. The standard InChI is InChI=1S/C12H13ClN2O2/c1-15(12(17)6-13)8-11(16)10-4-2-3-9(5-10)7-14/h2-5,11,16H,6,8H2,1H3. The highest BCUT2D eigenvalue weighted by atomic mass is 35.5. The Morgan fingerprint density at radius 1 is 1.65 bits per heavy atom. The molecule has 1 rings (SSSR count). The van der Waals surface area contributed by atoms with Gasteiger partial charge in [-0.2, -0.15) is 5.26 Å². The van der Waals surface area contributed by atoms with Gasteiger partial charge in [0.2, 0.25) is 5.91 Å². The zero-order chi connectivity index (χ0) is 12.8. The fourth-order valence-corrected chi connectivity index (χ4v) is 1.59. The lowest BCUT2D eigenvalue weighted by Gasteiger charge is -2.20. The zero-order valence-corrected chi connectivity index (χ0v) is 10.2. The van der Waals surface area contributed by atoms with Crippen molar-refractivity contribution < 1.29 is 9.90 Å². The van der Waals surface area contributed by atoms with Crippen molar-refractivity contribution >= 4 is 17.5 Å². The second-order valence-corrected chi connectivity index (χ2v) is 3.93. The number of carbonyl (C=O) groups is 1. The molecule has 4 nitrogen and oxygen atoms in total. The summed E-state index contributed by atoms with van der Waals surface area (Å²) < 4.78 is 0. The van der Waals surface area contributed by atoms with Crippen molar-refractivity contribution in [1.29, 1.82) is 5.26 Å². The number of hydrogen-bond donors (Lipinski definition) is 1. The van der Waals surface area contributed by atoms with Gasteiger partial charge in [0.25, 0.3) is 0 Å². The summed E-state index contributed by atoms with van der Waals surface area (Å²) in [5.74, 6) is -0.358. The Morgan fingerprint density at radius 2 is 2.35 bits per heavy atom. The average Bonchev–Trinajstić information content (AvgIpc) is 2.37. The van der Waals surface area contributed by atoms with E-state index in [2.05, 4.69) is 0 Å². The van der Waals surface area contributed by atoms with Crippen LogP contribution in [-0.2, 0) is 4.79 Å². The summed E-state index contributed by atoms with van der Waals surface area (Å²) in [5, 5.41) is 18.6. The summed E-state index contributed by atoms with van der Waals surface area (Å²) >= 11 is 5.41. The molecule has 0 aliphatic heterocycles. The quantitative estimate of drug-likeness (QED) is 0.822. The molecule has 5 heteroatoms. The van der Waals surface area contributed by atoms with E-state index in [4.69, 9.17) is 16.9 Å². The minimum absolute atomic E-state index is 0.110. The monoisotopic (exact) mass is 252 g/mol. The van der Waals surface area contributed by atoms with E-state index in [9.17, 15) is 9.90 Å². The third-order valence-corrected chi connectivity index (χ3v) is 2.62. The van der Waals surface area contributed by atoms with Crippen LogP contribution in [0.25, 0.3) is 0 Å². The van der Waals surface area contributed by atoms with Crippen LogP contribution in [0.2, 0.25) is 0 Å². The second kappa shape index (κ2) is 6.24. The molecule has 1 aromatic carbocycles. The van der Waals surface area contributed by atoms with Gasteiger partial charge in [0.15, 0.2) is 0 Å². The number of carbonyl (C=O) groups excluding carboxylic acids is 1. The fourth-order valence-electron chi connectivity index (χ4n) is 1.38. The highest BCUT2D eigenvalue weighted by molar-refractivity contribution is 6.27. The Bertz CT molecular complexity index is 442. The SMILES string of the molecule is CN(CC(O)c1cccc(C#N)c1)C(=O)CCl. The Morgan fingerprint density at radius 3 is 2.94 bits per heavy atom.